The first kappa shape index (κ1) is 13.8. The lowest BCUT2D eigenvalue weighted by Gasteiger charge is -2.05. The fourth-order valence-electron chi connectivity index (χ4n) is 2.53. The summed E-state index contributed by atoms with van der Waals surface area (Å²) in [4.78, 5) is 12.9. The van der Waals surface area contributed by atoms with Gasteiger partial charge < -0.3 is 0 Å². The molecule has 5 nitrogen and oxygen atoms in total. The molecule has 0 aliphatic heterocycles. The van der Waals surface area contributed by atoms with Crippen LogP contribution in [0, 0.1) is 0 Å². The zero-order valence-corrected chi connectivity index (χ0v) is 12.9. The van der Waals surface area contributed by atoms with Crippen LogP contribution in [0.25, 0.3) is 16.9 Å². The molecule has 0 aliphatic rings. The number of hydrogen-bond donors (Lipinski definition) is 0. The van der Waals surface area contributed by atoms with E-state index in [0.29, 0.717) is 11.4 Å². The number of pyridine rings is 2. The first-order valence-corrected chi connectivity index (χ1v) is 7.52. The quantitative estimate of drug-likeness (QED) is 0.580. The second kappa shape index (κ2) is 5.78. The summed E-state index contributed by atoms with van der Waals surface area (Å²) < 4.78 is 1.83. The standard InChI is InChI=1S/C17H12ClN5/c18-14-2-1-6-20-15(14)10-13-11-22-23-16(5-9-21-17(13)23)12-3-7-19-8-4-12/h1-9,11H,10H2. The third-order valence-corrected chi connectivity index (χ3v) is 3.99. The van der Waals surface area contributed by atoms with Gasteiger partial charge in [-0.25, -0.2) is 9.50 Å². The topological polar surface area (TPSA) is 56.0 Å². The maximum Gasteiger partial charge on any atom is 0.159 e. The van der Waals surface area contributed by atoms with Gasteiger partial charge in [0.15, 0.2) is 5.65 Å². The highest BCUT2D eigenvalue weighted by Gasteiger charge is 2.12. The van der Waals surface area contributed by atoms with Gasteiger partial charge in [-0.2, -0.15) is 5.10 Å². The van der Waals surface area contributed by atoms with Gasteiger partial charge in [-0.15, -0.1) is 0 Å². The molecule has 0 unspecified atom stereocenters. The second-order valence-corrected chi connectivity index (χ2v) is 5.49. The maximum absolute atomic E-state index is 6.20. The molecule has 23 heavy (non-hydrogen) atoms. The summed E-state index contributed by atoms with van der Waals surface area (Å²) in [5.74, 6) is 0. The molecule has 0 aromatic carbocycles. The van der Waals surface area contributed by atoms with Crippen LogP contribution in [0.3, 0.4) is 0 Å². The van der Waals surface area contributed by atoms with E-state index in [1.54, 1.807) is 24.8 Å². The molecule has 4 rings (SSSR count). The smallest absolute Gasteiger partial charge is 0.159 e. The lowest BCUT2D eigenvalue weighted by molar-refractivity contribution is 0.947. The van der Waals surface area contributed by atoms with Gasteiger partial charge >= 0.3 is 0 Å². The van der Waals surface area contributed by atoms with Gasteiger partial charge in [0.2, 0.25) is 0 Å². The zero-order valence-electron chi connectivity index (χ0n) is 12.1. The van der Waals surface area contributed by atoms with E-state index >= 15 is 0 Å². The van der Waals surface area contributed by atoms with E-state index < -0.39 is 0 Å². The number of hydrogen-bond acceptors (Lipinski definition) is 4. The van der Waals surface area contributed by atoms with Crippen molar-refractivity contribution in [2.75, 3.05) is 0 Å². The van der Waals surface area contributed by atoms with Crippen molar-refractivity contribution in [2.24, 2.45) is 0 Å². The summed E-state index contributed by atoms with van der Waals surface area (Å²) in [6.45, 7) is 0. The molecule has 0 saturated heterocycles. The average molecular weight is 322 g/mol. The molecular weight excluding hydrogens is 310 g/mol. The van der Waals surface area contributed by atoms with Crippen LogP contribution in [0.15, 0.2) is 61.3 Å². The second-order valence-electron chi connectivity index (χ2n) is 5.08. The van der Waals surface area contributed by atoms with Gasteiger partial charge in [0.05, 0.1) is 22.6 Å². The number of rotatable bonds is 3. The van der Waals surface area contributed by atoms with Crippen LogP contribution < -0.4 is 0 Å². The first-order chi connectivity index (χ1) is 11.3. The largest absolute Gasteiger partial charge is 0.265 e. The van der Waals surface area contributed by atoms with Gasteiger partial charge in [-0.05, 0) is 30.3 Å². The molecule has 6 heteroatoms. The molecule has 0 aliphatic carbocycles. The Balaban J connectivity index is 1.81. The number of halogens is 1. The normalized spacial score (nSPS) is 11.0. The minimum Gasteiger partial charge on any atom is -0.265 e. The molecule has 0 amide bonds. The molecule has 0 saturated carbocycles. The summed E-state index contributed by atoms with van der Waals surface area (Å²) in [7, 11) is 0. The Hall–Kier alpha value is -2.79. The zero-order chi connectivity index (χ0) is 15.6. The Kier molecular flexibility index (Phi) is 3.48. The van der Waals surface area contributed by atoms with Crippen molar-refractivity contribution in [1.29, 1.82) is 0 Å². The van der Waals surface area contributed by atoms with Crippen molar-refractivity contribution < 1.29 is 0 Å². The van der Waals surface area contributed by atoms with Crippen molar-refractivity contribution in [2.45, 2.75) is 6.42 Å². The molecule has 0 N–H and O–H groups in total. The van der Waals surface area contributed by atoms with Crippen molar-refractivity contribution in [1.82, 2.24) is 24.6 Å². The van der Waals surface area contributed by atoms with E-state index in [1.807, 2.05) is 41.0 Å². The molecular formula is C17H12ClN5. The Morgan fingerprint density at radius 3 is 2.65 bits per heavy atom. The molecule has 4 aromatic rings. The fraction of sp³-hybridized carbons (Fsp3) is 0.0588. The van der Waals surface area contributed by atoms with Gasteiger partial charge in [0.1, 0.15) is 0 Å². The lowest BCUT2D eigenvalue weighted by Crippen LogP contribution is -1.97. The molecule has 0 bridgehead atoms. The number of nitrogens with zero attached hydrogens (tertiary/aromatic N) is 5. The van der Waals surface area contributed by atoms with E-state index in [4.69, 9.17) is 11.6 Å². The van der Waals surface area contributed by atoms with Crippen LogP contribution in [0.4, 0.5) is 0 Å². The molecule has 4 heterocycles. The van der Waals surface area contributed by atoms with Gasteiger partial charge in [-0.1, -0.05) is 11.6 Å². The van der Waals surface area contributed by atoms with Gasteiger partial charge in [0, 0.05) is 42.3 Å². The van der Waals surface area contributed by atoms with Crippen LogP contribution >= 0.6 is 11.6 Å². The van der Waals surface area contributed by atoms with Crippen LogP contribution in [-0.4, -0.2) is 24.6 Å². The van der Waals surface area contributed by atoms with Crippen LogP contribution in [-0.2, 0) is 6.42 Å². The van der Waals surface area contributed by atoms with E-state index in [9.17, 15) is 0 Å². The predicted molar refractivity (Wildman–Crippen MR) is 88.3 cm³/mol. The molecule has 0 spiro atoms. The van der Waals surface area contributed by atoms with Crippen molar-refractivity contribution in [3.63, 3.8) is 0 Å². The molecule has 112 valence electrons. The summed E-state index contributed by atoms with van der Waals surface area (Å²) in [6.07, 6.45) is 9.46. The van der Waals surface area contributed by atoms with Crippen LogP contribution in [0.1, 0.15) is 11.3 Å². The Bertz CT molecular complexity index is 965. The Morgan fingerprint density at radius 2 is 1.83 bits per heavy atom. The lowest BCUT2D eigenvalue weighted by atomic mass is 10.1. The maximum atomic E-state index is 6.20. The molecule has 4 aromatic heterocycles. The number of fused-ring (bicyclic) bond motifs is 1. The summed E-state index contributed by atoms with van der Waals surface area (Å²) in [5, 5.41) is 5.13. The van der Waals surface area contributed by atoms with Gasteiger partial charge in [-0.3, -0.25) is 9.97 Å². The molecule has 0 fully saturated rings. The summed E-state index contributed by atoms with van der Waals surface area (Å²) in [5.41, 5.74) is 4.62. The Labute approximate surface area is 137 Å². The highest BCUT2D eigenvalue weighted by atomic mass is 35.5. The van der Waals surface area contributed by atoms with E-state index in [2.05, 4.69) is 20.1 Å². The molecule has 0 atom stereocenters. The van der Waals surface area contributed by atoms with E-state index in [-0.39, 0.29) is 0 Å². The summed E-state index contributed by atoms with van der Waals surface area (Å²) >= 11 is 6.20. The van der Waals surface area contributed by atoms with Crippen molar-refractivity contribution in [3.05, 3.63) is 77.6 Å². The monoisotopic (exact) mass is 321 g/mol. The predicted octanol–water partition coefficient (Wildman–Crippen LogP) is 3.43. The highest BCUT2D eigenvalue weighted by molar-refractivity contribution is 6.31. The SMILES string of the molecule is Clc1cccnc1Cc1cnn2c(-c3ccncc3)ccnc12. The minimum atomic E-state index is 0.593. The van der Waals surface area contributed by atoms with Gasteiger partial charge in [0.25, 0.3) is 0 Å². The van der Waals surface area contributed by atoms with Crippen molar-refractivity contribution in [3.8, 4) is 11.3 Å². The van der Waals surface area contributed by atoms with E-state index in [1.165, 1.54) is 0 Å². The van der Waals surface area contributed by atoms with E-state index in [0.717, 1.165) is 28.2 Å². The molecule has 0 radical (unpaired) electrons. The van der Waals surface area contributed by atoms with Crippen LogP contribution in [0.5, 0.6) is 0 Å². The first-order valence-electron chi connectivity index (χ1n) is 7.14. The average Bonchev–Trinajstić information content (AvgIpc) is 3.01. The number of aromatic nitrogens is 5. The third kappa shape index (κ3) is 2.55. The Morgan fingerprint density at radius 1 is 0.957 bits per heavy atom. The summed E-state index contributed by atoms with van der Waals surface area (Å²) in [6, 6.07) is 9.50. The van der Waals surface area contributed by atoms with Crippen LogP contribution in [0.2, 0.25) is 5.02 Å². The highest BCUT2D eigenvalue weighted by Crippen LogP contribution is 2.23. The third-order valence-electron chi connectivity index (χ3n) is 3.64. The van der Waals surface area contributed by atoms with Crippen molar-refractivity contribution >= 4 is 17.2 Å². The minimum absolute atomic E-state index is 0.593. The fourth-order valence-corrected chi connectivity index (χ4v) is 2.72.